The van der Waals surface area contributed by atoms with Crippen molar-refractivity contribution in [2.45, 2.75) is 85.6 Å². The lowest BCUT2D eigenvalue weighted by molar-refractivity contribution is -0.160. The number of ether oxygens (including phenoxy) is 4. The summed E-state index contributed by atoms with van der Waals surface area (Å²) in [5, 5.41) is 58.2. The van der Waals surface area contributed by atoms with Gasteiger partial charge in [0.1, 0.15) is 23.4 Å². The number of fused-ring (bicyclic) bond motifs is 14. The molecule has 0 aromatic heterocycles. The van der Waals surface area contributed by atoms with Crippen LogP contribution in [0.4, 0.5) is 5.69 Å². The van der Waals surface area contributed by atoms with E-state index in [1.165, 1.54) is 53.0 Å². The van der Waals surface area contributed by atoms with Gasteiger partial charge in [-0.1, -0.05) is 45.9 Å². The van der Waals surface area contributed by atoms with E-state index in [9.17, 15) is 44.7 Å². The second-order valence-electron chi connectivity index (χ2n) is 13.7. The van der Waals surface area contributed by atoms with Gasteiger partial charge in [0.15, 0.2) is 12.0 Å². The third-order valence-electron chi connectivity index (χ3n) is 10.2. The molecule has 5 bridgehead atoms. The van der Waals surface area contributed by atoms with E-state index in [1.54, 1.807) is 33.8 Å². The minimum Gasteiger partial charge on any atom is -0.507 e. The van der Waals surface area contributed by atoms with Crippen molar-refractivity contribution in [3.8, 4) is 23.0 Å². The van der Waals surface area contributed by atoms with Gasteiger partial charge in [-0.2, -0.15) is 0 Å². The molecule has 0 saturated heterocycles. The molecule has 52 heavy (non-hydrogen) atoms. The van der Waals surface area contributed by atoms with E-state index < -0.39 is 111 Å². The number of carbonyl (C=O) groups is 4. The number of allylic oxidation sites excluding steroid dienone is 2. The second-order valence-corrected chi connectivity index (χ2v) is 13.7. The first-order valence-corrected chi connectivity index (χ1v) is 16.9. The number of hydrogen-bond acceptors (Lipinski definition) is 13. The Balaban J connectivity index is 1.93. The Labute approximate surface area is 301 Å². The molecule has 5 rings (SSSR count). The molecule has 3 heterocycles. The number of hydrogen-bond donors (Lipinski definition) is 6. The molecule has 0 spiro atoms. The normalized spacial score (nSPS) is 32.3. The molecular weight excluding hydrogens is 678 g/mol. The number of aldehydes is 1. The maximum absolute atomic E-state index is 14.0. The maximum atomic E-state index is 14.0. The first-order chi connectivity index (χ1) is 24.3. The van der Waals surface area contributed by atoms with Gasteiger partial charge >= 0.3 is 11.8 Å². The predicted molar refractivity (Wildman–Crippen MR) is 189 cm³/mol. The average molecular weight is 726 g/mol. The van der Waals surface area contributed by atoms with E-state index in [2.05, 4.69) is 5.32 Å². The molecule has 0 aliphatic carbocycles. The number of phenolic OH excluding ortho intramolecular Hbond substituents is 3. The Morgan fingerprint density at radius 3 is 2.19 bits per heavy atom. The third-order valence-corrected chi connectivity index (χ3v) is 10.2. The Bertz CT molecular complexity index is 1860. The van der Waals surface area contributed by atoms with E-state index in [-0.39, 0.29) is 28.7 Å². The summed E-state index contributed by atoms with van der Waals surface area (Å²) in [7, 11) is 1.41. The van der Waals surface area contributed by atoms with Gasteiger partial charge in [0.05, 0.1) is 46.8 Å². The van der Waals surface area contributed by atoms with E-state index in [4.69, 9.17) is 18.9 Å². The highest BCUT2D eigenvalue weighted by molar-refractivity contribution is 6.23. The second kappa shape index (κ2) is 15.4. The van der Waals surface area contributed by atoms with Gasteiger partial charge in [-0.15, -0.1) is 0 Å². The summed E-state index contributed by atoms with van der Waals surface area (Å²) in [6.45, 7) is 12.2. The van der Waals surface area contributed by atoms with Crippen LogP contribution in [-0.4, -0.2) is 86.8 Å². The van der Waals surface area contributed by atoms with Crippen LogP contribution >= 0.6 is 0 Å². The highest BCUT2D eigenvalue weighted by Gasteiger charge is 2.50. The lowest BCUT2D eigenvalue weighted by atomic mass is 9.78. The van der Waals surface area contributed by atoms with Crippen LogP contribution in [0.5, 0.6) is 23.0 Å². The van der Waals surface area contributed by atoms with Crippen LogP contribution < -0.4 is 10.1 Å². The highest BCUT2D eigenvalue weighted by atomic mass is 16.7. The van der Waals surface area contributed by atoms with E-state index >= 15 is 0 Å². The summed E-state index contributed by atoms with van der Waals surface area (Å²) in [5.74, 6) is -9.19. The number of esters is 1. The molecule has 6 N–H and O–H groups in total. The Kier molecular flexibility index (Phi) is 11.8. The summed E-state index contributed by atoms with van der Waals surface area (Å²) in [4.78, 5) is 51.8. The number of aromatic hydroxyl groups is 3. The maximum Gasteiger partial charge on any atom is 0.312 e. The number of rotatable bonds is 3. The smallest absolute Gasteiger partial charge is 0.312 e. The fraction of sp³-hybridized carbons (Fsp3) is 0.474. The summed E-state index contributed by atoms with van der Waals surface area (Å²) in [6.07, 6.45) is 3.41. The number of amides is 1. The number of phenols is 3. The molecule has 282 valence electrons. The van der Waals surface area contributed by atoms with Gasteiger partial charge in [0.25, 0.3) is 11.7 Å². The minimum atomic E-state index is -2.08. The van der Waals surface area contributed by atoms with Crippen LogP contribution in [0.2, 0.25) is 0 Å². The molecule has 3 aliphatic heterocycles. The topological polar surface area (TPSA) is 218 Å². The van der Waals surface area contributed by atoms with Crippen LogP contribution in [0.3, 0.4) is 0 Å². The summed E-state index contributed by atoms with van der Waals surface area (Å²) < 4.78 is 23.1. The van der Waals surface area contributed by atoms with E-state index in [1.807, 2.05) is 0 Å². The Morgan fingerprint density at radius 2 is 1.60 bits per heavy atom. The lowest BCUT2D eigenvalue weighted by Gasteiger charge is -2.38. The van der Waals surface area contributed by atoms with Gasteiger partial charge < -0.3 is 49.8 Å². The van der Waals surface area contributed by atoms with Crippen molar-refractivity contribution >= 4 is 40.4 Å². The van der Waals surface area contributed by atoms with Gasteiger partial charge in [0, 0.05) is 61.2 Å². The molecule has 14 heteroatoms. The van der Waals surface area contributed by atoms with Gasteiger partial charge in [-0.3, -0.25) is 19.2 Å². The number of Topliss-reactive ketones (excluding diaryl/α,β-unsaturated/α-hetero) is 1. The average Bonchev–Trinajstić information content (AvgIpc) is 3.36. The molecule has 14 nitrogen and oxygen atoms in total. The first kappa shape index (κ1) is 39.9. The van der Waals surface area contributed by atoms with E-state index in [0.29, 0.717) is 0 Å². The fourth-order valence-corrected chi connectivity index (χ4v) is 6.86. The van der Waals surface area contributed by atoms with Crippen molar-refractivity contribution in [3.05, 3.63) is 52.8 Å². The molecule has 0 saturated carbocycles. The SMILES string of the molecule is COC1/C=C\OC2(C)Oc3c(C)c(O)c4c(O)c(c(C=O)c(O)c4c3C2=O)NC(=O)/C(C)=C\C=C/C(C)C(O)C(C)C(O)C(C)C(OC(C)=O)C1C. The van der Waals surface area contributed by atoms with Gasteiger partial charge in [0.2, 0.25) is 0 Å². The minimum absolute atomic E-state index is 0.00425. The van der Waals surface area contributed by atoms with Crippen molar-refractivity contribution in [2.24, 2.45) is 23.7 Å². The largest absolute Gasteiger partial charge is 0.507 e. The Hall–Kier alpha value is -4.92. The number of aliphatic hydroxyl groups is 2. The first-order valence-electron chi connectivity index (χ1n) is 16.9. The summed E-state index contributed by atoms with van der Waals surface area (Å²) >= 11 is 0. The highest BCUT2D eigenvalue weighted by Crippen LogP contribution is 2.55. The molecular formula is C38H47NO13. The molecule has 9 unspecified atom stereocenters. The van der Waals surface area contributed by atoms with Gasteiger partial charge in [-0.05, 0) is 19.9 Å². The number of methoxy groups -OCH3 is 1. The predicted octanol–water partition coefficient (Wildman–Crippen LogP) is 4.57. The zero-order valence-electron chi connectivity index (χ0n) is 30.6. The molecule has 1 amide bonds. The lowest BCUT2D eigenvalue weighted by Crippen LogP contribution is -2.46. The monoisotopic (exact) mass is 725 g/mol. The van der Waals surface area contributed by atoms with E-state index in [0.717, 1.165) is 6.26 Å². The zero-order valence-corrected chi connectivity index (χ0v) is 30.6. The molecule has 9 atom stereocenters. The summed E-state index contributed by atoms with van der Waals surface area (Å²) in [5.41, 5.74) is -1.27. The number of benzene rings is 2. The molecule has 3 aliphatic rings. The standard InChI is InChI=1S/C38H47NO13/c1-16-11-10-12-17(2)37(48)39-28-23(15-40)32(45)25-26(33(28)46)31(44)21(6)35-27(25)36(47)38(8,52-35)50-14-13-24(49-9)18(3)34(51-22(7)41)20(5)30(43)19(4)29(16)42/h10-16,18-20,24,29-30,34,42-46H,1-9H3,(H,39,48)/b11-10-,14-13-,17-12-. The van der Waals surface area contributed by atoms with Crippen molar-refractivity contribution in [1.82, 2.24) is 0 Å². The third kappa shape index (κ3) is 7.10. The van der Waals surface area contributed by atoms with Crippen molar-refractivity contribution in [2.75, 3.05) is 12.4 Å². The van der Waals surface area contributed by atoms with Crippen LogP contribution in [0.1, 0.15) is 74.7 Å². The van der Waals surface area contributed by atoms with Crippen molar-refractivity contribution in [1.29, 1.82) is 0 Å². The van der Waals surface area contributed by atoms with Crippen LogP contribution in [0, 0.1) is 30.6 Å². The quantitative estimate of drug-likeness (QED) is 0.111. The van der Waals surface area contributed by atoms with Crippen LogP contribution in [0.15, 0.2) is 36.1 Å². The molecule has 2 aromatic carbocycles. The number of anilines is 1. The number of carbonyl (C=O) groups excluding carboxylic acids is 4. The zero-order chi connectivity index (χ0) is 39.0. The van der Waals surface area contributed by atoms with Crippen LogP contribution in [-0.2, 0) is 23.8 Å². The van der Waals surface area contributed by atoms with Crippen molar-refractivity contribution in [3.63, 3.8) is 0 Å². The van der Waals surface area contributed by atoms with Crippen molar-refractivity contribution < 1.29 is 63.7 Å². The molecule has 2 aromatic rings. The fourth-order valence-electron chi connectivity index (χ4n) is 6.86. The Morgan fingerprint density at radius 1 is 0.942 bits per heavy atom. The molecule has 0 fully saturated rings. The molecule has 0 radical (unpaired) electrons. The number of aliphatic hydroxyl groups excluding tert-OH is 2. The number of ketones is 1. The summed E-state index contributed by atoms with van der Waals surface area (Å²) in [6, 6.07) is 0. The van der Waals surface area contributed by atoms with Gasteiger partial charge in [-0.25, -0.2) is 0 Å². The number of nitrogens with one attached hydrogen (secondary N) is 1. The van der Waals surface area contributed by atoms with Crippen LogP contribution in [0.25, 0.3) is 10.8 Å².